The van der Waals surface area contributed by atoms with Gasteiger partial charge >= 0.3 is 0 Å². The first kappa shape index (κ1) is 16.0. The molecule has 0 aromatic heterocycles. The molecule has 2 nitrogen and oxygen atoms in total. The van der Waals surface area contributed by atoms with Crippen LogP contribution in [0, 0.1) is 0 Å². The van der Waals surface area contributed by atoms with Crippen LogP contribution in [-0.2, 0) is 6.54 Å². The van der Waals surface area contributed by atoms with Gasteiger partial charge in [-0.2, -0.15) is 5.10 Å². The number of benzene rings is 1. The summed E-state index contributed by atoms with van der Waals surface area (Å²) in [6.07, 6.45) is 7.38. The zero-order chi connectivity index (χ0) is 16.2. The van der Waals surface area contributed by atoms with Crippen LogP contribution in [0.4, 0.5) is 0 Å². The van der Waals surface area contributed by atoms with E-state index in [-0.39, 0.29) is 0 Å². The summed E-state index contributed by atoms with van der Waals surface area (Å²) in [4.78, 5) is 0. The third-order valence-electron chi connectivity index (χ3n) is 5.38. The molecule has 23 heavy (non-hydrogen) atoms. The third-order valence-corrected chi connectivity index (χ3v) is 5.38. The highest BCUT2D eigenvalue weighted by molar-refractivity contribution is 5.84. The molecule has 0 unspecified atom stereocenters. The fourth-order valence-corrected chi connectivity index (χ4v) is 3.65. The molecule has 1 aromatic rings. The van der Waals surface area contributed by atoms with Crippen LogP contribution in [-0.4, -0.2) is 5.71 Å². The van der Waals surface area contributed by atoms with E-state index in [4.69, 9.17) is 0 Å². The highest BCUT2D eigenvalue weighted by Crippen LogP contribution is 2.38. The van der Waals surface area contributed by atoms with Crippen molar-refractivity contribution in [2.24, 2.45) is 5.10 Å². The van der Waals surface area contributed by atoms with Crippen LogP contribution in [0.2, 0.25) is 0 Å². The Morgan fingerprint density at radius 3 is 2.39 bits per heavy atom. The Bertz CT molecular complexity index is 669. The lowest BCUT2D eigenvalue weighted by atomic mass is 9.95. The minimum atomic E-state index is 0.814. The number of nitrogens with zero attached hydrogens (tertiary/aromatic N) is 1. The van der Waals surface area contributed by atoms with Crippen molar-refractivity contribution >= 4 is 11.3 Å². The van der Waals surface area contributed by atoms with Gasteiger partial charge in [-0.05, 0) is 80.7 Å². The minimum Gasteiger partial charge on any atom is -0.306 e. The molecule has 0 aliphatic heterocycles. The van der Waals surface area contributed by atoms with E-state index in [2.05, 4.69) is 55.6 Å². The first-order valence-corrected chi connectivity index (χ1v) is 8.90. The fourth-order valence-electron chi connectivity index (χ4n) is 3.65. The van der Waals surface area contributed by atoms with E-state index in [0.29, 0.717) is 0 Å². The maximum absolute atomic E-state index is 4.64. The normalized spacial score (nSPS) is 18.7. The summed E-state index contributed by atoms with van der Waals surface area (Å²) in [6.45, 7) is 7.57. The molecule has 1 aromatic carbocycles. The quantitative estimate of drug-likeness (QED) is 0.718. The minimum absolute atomic E-state index is 0.814. The summed E-state index contributed by atoms with van der Waals surface area (Å²) < 4.78 is 0. The van der Waals surface area contributed by atoms with E-state index in [1.54, 1.807) is 0 Å². The Hall–Kier alpha value is -1.83. The highest BCUT2D eigenvalue weighted by atomic mass is 15.3. The van der Waals surface area contributed by atoms with Crippen molar-refractivity contribution in [3.8, 4) is 0 Å². The summed E-state index contributed by atoms with van der Waals surface area (Å²) >= 11 is 0. The molecule has 1 N–H and O–H groups in total. The first-order valence-electron chi connectivity index (χ1n) is 8.90. The van der Waals surface area contributed by atoms with Gasteiger partial charge in [0.05, 0.1) is 6.54 Å². The van der Waals surface area contributed by atoms with E-state index < -0.39 is 0 Å². The van der Waals surface area contributed by atoms with Gasteiger partial charge in [-0.25, -0.2) is 0 Å². The van der Waals surface area contributed by atoms with Crippen LogP contribution in [0.1, 0.15) is 70.4 Å². The molecule has 122 valence electrons. The summed E-state index contributed by atoms with van der Waals surface area (Å²) in [5.41, 5.74) is 13.3. The monoisotopic (exact) mass is 308 g/mol. The van der Waals surface area contributed by atoms with Crippen molar-refractivity contribution in [1.29, 1.82) is 0 Å². The van der Waals surface area contributed by atoms with Crippen molar-refractivity contribution in [3.05, 3.63) is 52.1 Å². The number of hydrogen-bond donors (Lipinski definition) is 1. The zero-order valence-corrected chi connectivity index (χ0v) is 14.7. The predicted molar refractivity (Wildman–Crippen MR) is 99.4 cm³/mol. The maximum atomic E-state index is 4.64. The Balaban J connectivity index is 1.74. The van der Waals surface area contributed by atoms with Gasteiger partial charge in [0.15, 0.2) is 0 Å². The van der Waals surface area contributed by atoms with E-state index in [1.807, 2.05) is 0 Å². The number of rotatable bonds is 4. The van der Waals surface area contributed by atoms with Crippen LogP contribution in [0.25, 0.3) is 5.57 Å². The molecule has 0 bridgehead atoms. The van der Waals surface area contributed by atoms with Gasteiger partial charge in [0, 0.05) is 5.71 Å². The molecule has 2 aliphatic carbocycles. The Morgan fingerprint density at radius 1 is 0.957 bits per heavy atom. The lowest BCUT2D eigenvalue weighted by Gasteiger charge is -2.15. The van der Waals surface area contributed by atoms with Gasteiger partial charge in [0.1, 0.15) is 0 Å². The van der Waals surface area contributed by atoms with E-state index in [0.717, 1.165) is 13.0 Å². The summed E-state index contributed by atoms with van der Waals surface area (Å²) in [5, 5.41) is 4.64. The molecular formula is C21H28N2. The van der Waals surface area contributed by atoms with Gasteiger partial charge < -0.3 is 5.43 Å². The van der Waals surface area contributed by atoms with Crippen molar-refractivity contribution in [3.63, 3.8) is 0 Å². The summed E-state index contributed by atoms with van der Waals surface area (Å²) in [5.74, 6) is 0. The van der Waals surface area contributed by atoms with Crippen LogP contribution < -0.4 is 5.43 Å². The predicted octanol–water partition coefficient (Wildman–Crippen LogP) is 5.61. The number of hydrogen-bond acceptors (Lipinski definition) is 2. The third kappa shape index (κ3) is 3.57. The Kier molecular flexibility index (Phi) is 5.00. The van der Waals surface area contributed by atoms with Crippen molar-refractivity contribution in [1.82, 2.24) is 5.43 Å². The van der Waals surface area contributed by atoms with Gasteiger partial charge in [0.25, 0.3) is 0 Å². The zero-order valence-electron chi connectivity index (χ0n) is 14.7. The Labute approximate surface area is 140 Å². The number of allylic oxidation sites excluding steroid dienone is 4. The molecule has 1 fully saturated rings. The fraction of sp³-hybridized carbons (Fsp3) is 0.476. The van der Waals surface area contributed by atoms with Crippen LogP contribution >= 0.6 is 0 Å². The molecule has 2 aliphatic rings. The van der Waals surface area contributed by atoms with E-state index >= 15 is 0 Å². The van der Waals surface area contributed by atoms with Gasteiger partial charge in [-0.3, -0.25) is 0 Å². The lowest BCUT2D eigenvalue weighted by Crippen LogP contribution is -2.13. The van der Waals surface area contributed by atoms with E-state index in [9.17, 15) is 0 Å². The summed E-state index contributed by atoms with van der Waals surface area (Å²) in [7, 11) is 0. The Morgan fingerprint density at radius 2 is 1.70 bits per heavy atom. The molecule has 0 heterocycles. The topological polar surface area (TPSA) is 24.4 Å². The first-order chi connectivity index (χ1) is 11.2. The average Bonchev–Trinajstić information content (AvgIpc) is 2.84. The molecule has 2 heteroatoms. The van der Waals surface area contributed by atoms with Gasteiger partial charge in [-0.15, -0.1) is 0 Å². The largest absolute Gasteiger partial charge is 0.306 e. The molecular weight excluding hydrogens is 280 g/mol. The maximum Gasteiger partial charge on any atom is 0.0585 e. The second-order valence-electron chi connectivity index (χ2n) is 6.92. The standard InChI is InChI=1S/C21H28N2/c1-15-13-21(17(3)16(15)2)20-12-8-7-9-18(20)14-22-23-19-10-5-4-6-11-19/h7-9,12,22H,4-6,10-11,13-14H2,1-3H3. The second-order valence-corrected chi connectivity index (χ2v) is 6.92. The van der Waals surface area contributed by atoms with Gasteiger partial charge in [0.2, 0.25) is 0 Å². The number of hydrazone groups is 1. The van der Waals surface area contributed by atoms with Crippen molar-refractivity contribution < 1.29 is 0 Å². The highest BCUT2D eigenvalue weighted by Gasteiger charge is 2.18. The van der Waals surface area contributed by atoms with Crippen LogP contribution in [0.5, 0.6) is 0 Å². The molecule has 0 radical (unpaired) electrons. The van der Waals surface area contributed by atoms with Crippen LogP contribution in [0.15, 0.2) is 46.1 Å². The SMILES string of the molecule is CC1=C(C)C(C)=C(c2ccccc2CNN=C2CCCCC2)C1. The average molecular weight is 308 g/mol. The van der Waals surface area contributed by atoms with E-state index in [1.165, 1.54) is 71.2 Å². The van der Waals surface area contributed by atoms with Gasteiger partial charge in [-0.1, -0.05) is 36.3 Å². The molecule has 3 rings (SSSR count). The van der Waals surface area contributed by atoms with Crippen LogP contribution in [0.3, 0.4) is 0 Å². The molecule has 0 atom stereocenters. The molecule has 0 saturated heterocycles. The lowest BCUT2D eigenvalue weighted by molar-refractivity contribution is 0.646. The molecule has 1 saturated carbocycles. The summed E-state index contributed by atoms with van der Waals surface area (Å²) in [6, 6.07) is 8.77. The molecule has 0 spiro atoms. The van der Waals surface area contributed by atoms with Crippen molar-refractivity contribution in [2.45, 2.75) is 65.8 Å². The smallest absolute Gasteiger partial charge is 0.0585 e. The van der Waals surface area contributed by atoms with Crippen molar-refractivity contribution in [2.75, 3.05) is 0 Å². The second kappa shape index (κ2) is 7.16. The molecule has 0 amide bonds. The number of nitrogens with one attached hydrogen (secondary N) is 1.